The number of halogens is 2. The van der Waals surface area contributed by atoms with E-state index in [1.165, 1.54) is 0 Å². The zero-order valence-corrected chi connectivity index (χ0v) is 11.1. The molecule has 2 nitrogen and oxygen atoms in total. The van der Waals surface area contributed by atoms with Crippen LogP contribution in [0.15, 0.2) is 36.5 Å². The van der Waals surface area contributed by atoms with Crippen molar-refractivity contribution < 1.29 is 13.9 Å². The van der Waals surface area contributed by atoms with Gasteiger partial charge in [-0.3, -0.25) is 4.98 Å². The molecule has 1 atom stereocenters. The van der Waals surface area contributed by atoms with Gasteiger partial charge in [0.2, 0.25) is 5.92 Å². The lowest BCUT2D eigenvalue weighted by Crippen LogP contribution is -2.27. The van der Waals surface area contributed by atoms with Gasteiger partial charge in [-0.2, -0.15) is 0 Å². The number of aliphatic hydroxyl groups is 1. The van der Waals surface area contributed by atoms with Gasteiger partial charge in [-0.15, -0.1) is 0 Å². The fraction of sp³-hybridized carbons (Fsp3) is 0.438. The van der Waals surface area contributed by atoms with Crippen LogP contribution < -0.4 is 0 Å². The summed E-state index contributed by atoms with van der Waals surface area (Å²) >= 11 is 0. The first-order valence-electron chi connectivity index (χ1n) is 6.96. The van der Waals surface area contributed by atoms with Crippen LogP contribution in [0.5, 0.6) is 0 Å². The summed E-state index contributed by atoms with van der Waals surface area (Å²) in [6.07, 6.45) is 1.56. The monoisotopic (exact) mass is 277 g/mol. The minimum atomic E-state index is -2.55. The van der Waals surface area contributed by atoms with E-state index in [9.17, 15) is 13.9 Å². The molecule has 1 aliphatic carbocycles. The Morgan fingerprint density at radius 3 is 2.70 bits per heavy atom. The van der Waals surface area contributed by atoms with Crippen LogP contribution >= 0.6 is 0 Å². The lowest BCUT2D eigenvalue weighted by molar-refractivity contribution is -0.0627. The molecule has 1 aromatic heterocycles. The highest BCUT2D eigenvalue weighted by atomic mass is 19.3. The number of fused-ring (bicyclic) bond motifs is 1. The van der Waals surface area contributed by atoms with Crippen LogP contribution in [-0.2, 0) is 0 Å². The quantitative estimate of drug-likeness (QED) is 0.896. The summed E-state index contributed by atoms with van der Waals surface area (Å²) in [4.78, 5) is 4.23. The van der Waals surface area contributed by atoms with Crippen LogP contribution in [0.4, 0.5) is 8.78 Å². The molecule has 0 spiro atoms. The van der Waals surface area contributed by atoms with Crippen molar-refractivity contribution in [2.45, 2.75) is 37.7 Å². The van der Waals surface area contributed by atoms with E-state index in [-0.39, 0.29) is 18.8 Å². The Bertz CT molecular complexity index is 604. The van der Waals surface area contributed by atoms with E-state index in [2.05, 4.69) is 4.98 Å². The summed E-state index contributed by atoms with van der Waals surface area (Å²) in [6, 6.07) is 9.39. The summed E-state index contributed by atoms with van der Waals surface area (Å²) in [7, 11) is 0. The zero-order chi connectivity index (χ0) is 14.2. The molecule has 3 rings (SSSR count). The van der Waals surface area contributed by atoms with Gasteiger partial charge in [0, 0.05) is 24.4 Å². The zero-order valence-electron chi connectivity index (χ0n) is 11.1. The number of rotatable bonds is 2. The number of hydrogen-bond acceptors (Lipinski definition) is 2. The molecule has 20 heavy (non-hydrogen) atoms. The number of aliphatic hydroxyl groups excluding tert-OH is 1. The lowest BCUT2D eigenvalue weighted by atomic mass is 9.81. The minimum absolute atomic E-state index is 0.0799. The Morgan fingerprint density at radius 2 is 1.95 bits per heavy atom. The second kappa shape index (κ2) is 5.09. The smallest absolute Gasteiger partial charge is 0.248 e. The summed E-state index contributed by atoms with van der Waals surface area (Å²) in [5.41, 5.74) is 1.67. The summed E-state index contributed by atoms with van der Waals surface area (Å²) < 4.78 is 26.3. The number of alkyl halides is 2. The molecular formula is C16H17F2NO. The Balaban J connectivity index is 1.80. The standard InChI is InChI=1S/C16H17F2NO/c17-16(18)7-5-11(6-8-16)15(20)13-3-4-14-12(10-13)2-1-9-19-14/h1-4,9-11,15,20H,5-8H2. The number of benzene rings is 1. The third-order valence-corrected chi connectivity index (χ3v) is 4.18. The first-order valence-corrected chi connectivity index (χ1v) is 6.96. The van der Waals surface area contributed by atoms with Crippen molar-refractivity contribution in [3.8, 4) is 0 Å². The van der Waals surface area contributed by atoms with Crippen molar-refractivity contribution in [3.63, 3.8) is 0 Å². The molecule has 1 heterocycles. The summed E-state index contributed by atoms with van der Waals surface area (Å²) in [5, 5.41) is 11.4. The second-order valence-corrected chi connectivity index (χ2v) is 5.59. The molecule has 0 saturated heterocycles. The van der Waals surface area contributed by atoms with E-state index in [1.807, 2.05) is 30.3 Å². The molecule has 1 saturated carbocycles. The Kier molecular flexibility index (Phi) is 3.42. The fourth-order valence-electron chi connectivity index (χ4n) is 2.93. The third-order valence-electron chi connectivity index (χ3n) is 4.18. The Labute approximate surface area is 116 Å². The van der Waals surface area contributed by atoms with E-state index in [4.69, 9.17) is 0 Å². The molecule has 0 bridgehead atoms. The van der Waals surface area contributed by atoms with E-state index in [1.54, 1.807) is 6.20 Å². The highest BCUT2D eigenvalue weighted by molar-refractivity contribution is 5.79. The largest absolute Gasteiger partial charge is 0.388 e. The molecule has 0 amide bonds. The molecule has 0 aliphatic heterocycles. The molecule has 1 aromatic carbocycles. The van der Waals surface area contributed by atoms with Gasteiger partial charge in [0.15, 0.2) is 0 Å². The highest BCUT2D eigenvalue weighted by Gasteiger charge is 2.37. The first-order chi connectivity index (χ1) is 9.55. The van der Waals surface area contributed by atoms with E-state index < -0.39 is 12.0 Å². The molecule has 4 heteroatoms. The molecule has 1 fully saturated rings. The average molecular weight is 277 g/mol. The van der Waals surface area contributed by atoms with Crippen LogP contribution in [-0.4, -0.2) is 16.0 Å². The van der Waals surface area contributed by atoms with E-state index in [0.717, 1.165) is 16.5 Å². The van der Waals surface area contributed by atoms with E-state index in [0.29, 0.717) is 12.8 Å². The van der Waals surface area contributed by atoms with Crippen molar-refractivity contribution in [1.82, 2.24) is 4.98 Å². The molecule has 1 N–H and O–H groups in total. The van der Waals surface area contributed by atoms with Crippen molar-refractivity contribution in [3.05, 3.63) is 42.1 Å². The van der Waals surface area contributed by atoms with E-state index >= 15 is 0 Å². The maximum Gasteiger partial charge on any atom is 0.248 e. The maximum absolute atomic E-state index is 13.2. The van der Waals surface area contributed by atoms with Crippen LogP contribution in [0.25, 0.3) is 10.9 Å². The van der Waals surface area contributed by atoms with Gasteiger partial charge in [-0.05, 0) is 42.5 Å². The van der Waals surface area contributed by atoms with Gasteiger partial charge >= 0.3 is 0 Å². The van der Waals surface area contributed by atoms with Crippen LogP contribution in [0, 0.1) is 5.92 Å². The van der Waals surface area contributed by atoms with Gasteiger partial charge in [0.25, 0.3) is 0 Å². The topological polar surface area (TPSA) is 33.1 Å². The molecule has 106 valence electrons. The average Bonchev–Trinajstić information content (AvgIpc) is 2.46. The maximum atomic E-state index is 13.2. The Hall–Kier alpha value is -1.55. The third kappa shape index (κ3) is 2.66. The summed E-state index contributed by atoms with van der Waals surface area (Å²) in [5.74, 6) is -2.63. The minimum Gasteiger partial charge on any atom is -0.388 e. The number of aromatic nitrogens is 1. The fourth-order valence-corrected chi connectivity index (χ4v) is 2.93. The van der Waals surface area contributed by atoms with Gasteiger partial charge in [0.1, 0.15) is 0 Å². The Morgan fingerprint density at radius 1 is 1.20 bits per heavy atom. The number of hydrogen-bond donors (Lipinski definition) is 1. The van der Waals surface area contributed by atoms with Crippen molar-refractivity contribution in [2.75, 3.05) is 0 Å². The number of nitrogens with zero attached hydrogens (tertiary/aromatic N) is 1. The SMILES string of the molecule is OC(c1ccc2ncccc2c1)C1CCC(F)(F)CC1. The van der Waals surface area contributed by atoms with Gasteiger partial charge in [-0.1, -0.05) is 12.1 Å². The second-order valence-electron chi connectivity index (χ2n) is 5.59. The number of pyridine rings is 1. The van der Waals surface area contributed by atoms with Crippen LogP contribution in [0.3, 0.4) is 0 Å². The predicted molar refractivity (Wildman–Crippen MR) is 73.6 cm³/mol. The van der Waals surface area contributed by atoms with Crippen molar-refractivity contribution >= 4 is 10.9 Å². The first kappa shape index (κ1) is 13.4. The normalized spacial score (nSPS) is 20.9. The van der Waals surface area contributed by atoms with Crippen LogP contribution in [0.1, 0.15) is 37.4 Å². The molecular weight excluding hydrogens is 260 g/mol. The molecule has 2 aromatic rings. The van der Waals surface area contributed by atoms with Gasteiger partial charge in [0.05, 0.1) is 11.6 Å². The predicted octanol–water partition coefficient (Wildman–Crippen LogP) is 4.09. The molecule has 1 aliphatic rings. The molecule has 0 radical (unpaired) electrons. The van der Waals surface area contributed by atoms with Gasteiger partial charge < -0.3 is 5.11 Å². The summed E-state index contributed by atoms with van der Waals surface area (Å²) in [6.45, 7) is 0. The van der Waals surface area contributed by atoms with Crippen LogP contribution in [0.2, 0.25) is 0 Å². The molecule has 1 unspecified atom stereocenters. The van der Waals surface area contributed by atoms with Crippen molar-refractivity contribution in [2.24, 2.45) is 5.92 Å². The highest BCUT2D eigenvalue weighted by Crippen LogP contribution is 2.41. The lowest BCUT2D eigenvalue weighted by Gasteiger charge is -2.31. The van der Waals surface area contributed by atoms with Gasteiger partial charge in [-0.25, -0.2) is 8.78 Å². The van der Waals surface area contributed by atoms with Crippen molar-refractivity contribution in [1.29, 1.82) is 0 Å².